The van der Waals surface area contributed by atoms with Crippen LogP contribution >= 0.6 is 0 Å². The van der Waals surface area contributed by atoms with E-state index in [0.29, 0.717) is 18.6 Å². The van der Waals surface area contributed by atoms with Gasteiger partial charge in [0.2, 0.25) is 5.91 Å². The van der Waals surface area contributed by atoms with Crippen molar-refractivity contribution in [3.8, 4) is 0 Å². The lowest BCUT2D eigenvalue weighted by atomic mass is 9.62. The number of nitrogens with two attached hydrogens (primary N) is 1. The Morgan fingerprint density at radius 1 is 1.47 bits per heavy atom. The van der Waals surface area contributed by atoms with E-state index in [0.717, 1.165) is 32.1 Å². The highest BCUT2D eigenvalue weighted by Crippen LogP contribution is 2.45. The van der Waals surface area contributed by atoms with E-state index in [1.807, 2.05) is 0 Å². The van der Waals surface area contributed by atoms with E-state index in [2.05, 4.69) is 12.2 Å². The zero-order valence-electron chi connectivity index (χ0n) is 10.4. The summed E-state index contributed by atoms with van der Waals surface area (Å²) in [6, 6.07) is 0.237. The van der Waals surface area contributed by atoms with Gasteiger partial charge in [-0.3, -0.25) is 4.79 Å². The van der Waals surface area contributed by atoms with Gasteiger partial charge < -0.3 is 15.8 Å². The predicted molar refractivity (Wildman–Crippen MR) is 64.3 cm³/mol. The van der Waals surface area contributed by atoms with Gasteiger partial charge >= 0.3 is 0 Å². The fraction of sp³-hybridized carbons (Fsp3) is 0.923. The van der Waals surface area contributed by atoms with Crippen LogP contribution in [0.25, 0.3) is 0 Å². The Bertz CT molecular complexity index is 325. The first-order valence-electron chi connectivity index (χ1n) is 6.79. The summed E-state index contributed by atoms with van der Waals surface area (Å²) >= 11 is 0. The van der Waals surface area contributed by atoms with Gasteiger partial charge in [0.15, 0.2) is 0 Å². The first-order chi connectivity index (χ1) is 8.13. The molecule has 0 spiro atoms. The van der Waals surface area contributed by atoms with Crippen LogP contribution in [-0.2, 0) is 9.53 Å². The number of amides is 1. The van der Waals surface area contributed by atoms with Gasteiger partial charge in [0.25, 0.3) is 0 Å². The topological polar surface area (TPSA) is 64.4 Å². The summed E-state index contributed by atoms with van der Waals surface area (Å²) < 4.78 is 5.76. The number of hydrogen-bond acceptors (Lipinski definition) is 3. The molecular weight excluding hydrogens is 216 g/mol. The molecule has 1 aliphatic carbocycles. The summed E-state index contributed by atoms with van der Waals surface area (Å²) in [5.74, 6) is 0.805. The molecule has 96 valence electrons. The Morgan fingerprint density at radius 3 is 2.71 bits per heavy atom. The first kappa shape index (κ1) is 11.5. The highest BCUT2D eigenvalue weighted by atomic mass is 16.5. The van der Waals surface area contributed by atoms with Gasteiger partial charge in [-0.15, -0.1) is 0 Å². The molecule has 3 rings (SSSR count). The maximum atomic E-state index is 12.3. The molecule has 2 aliphatic heterocycles. The molecule has 3 N–H and O–H groups in total. The molecule has 0 aromatic heterocycles. The fourth-order valence-corrected chi connectivity index (χ4v) is 3.83. The van der Waals surface area contributed by atoms with E-state index >= 15 is 0 Å². The van der Waals surface area contributed by atoms with Crippen LogP contribution < -0.4 is 11.1 Å². The van der Waals surface area contributed by atoms with Crippen LogP contribution in [0.2, 0.25) is 0 Å². The van der Waals surface area contributed by atoms with Crippen molar-refractivity contribution in [1.29, 1.82) is 0 Å². The Morgan fingerprint density at radius 2 is 2.24 bits per heavy atom. The van der Waals surface area contributed by atoms with Crippen molar-refractivity contribution in [2.75, 3.05) is 6.54 Å². The van der Waals surface area contributed by atoms with Crippen molar-refractivity contribution in [2.24, 2.45) is 17.1 Å². The zero-order chi connectivity index (χ0) is 12.0. The van der Waals surface area contributed by atoms with Gasteiger partial charge in [0, 0.05) is 6.54 Å². The van der Waals surface area contributed by atoms with Gasteiger partial charge in [0.1, 0.15) is 0 Å². The summed E-state index contributed by atoms with van der Waals surface area (Å²) in [5.41, 5.74) is 5.51. The highest BCUT2D eigenvalue weighted by Gasteiger charge is 2.49. The van der Waals surface area contributed by atoms with Crippen molar-refractivity contribution < 1.29 is 9.53 Å². The number of carbonyl (C=O) groups is 1. The predicted octanol–water partition coefficient (Wildman–Crippen LogP) is 0.797. The van der Waals surface area contributed by atoms with E-state index in [9.17, 15) is 4.79 Å². The van der Waals surface area contributed by atoms with Crippen molar-refractivity contribution in [3.05, 3.63) is 0 Å². The normalized spacial score (nSPS) is 47.9. The van der Waals surface area contributed by atoms with Crippen LogP contribution in [0.3, 0.4) is 0 Å². The fourth-order valence-electron chi connectivity index (χ4n) is 3.83. The summed E-state index contributed by atoms with van der Waals surface area (Å²) in [6.45, 7) is 2.66. The first-order valence-corrected chi connectivity index (χ1v) is 6.79. The van der Waals surface area contributed by atoms with Crippen molar-refractivity contribution in [1.82, 2.24) is 5.32 Å². The quantitative estimate of drug-likeness (QED) is 0.764. The molecule has 3 fully saturated rings. The van der Waals surface area contributed by atoms with E-state index in [-0.39, 0.29) is 23.5 Å². The molecule has 0 aromatic carbocycles. The molecule has 4 heteroatoms. The van der Waals surface area contributed by atoms with E-state index in [1.54, 1.807) is 0 Å². The third-order valence-electron chi connectivity index (χ3n) is 4.77. The summed E-state index contributed by atoms with van der Waals surface area (Å²) in [5, 5.41) is 3.18. The number of hydrogen-bond donors (Lipinski definition) is 2. The van der Waals surface area contributed by atoms with Crippen LogP contribution in [0.5, 0.6) is 0 Å². The molecule has 1 saturated carbocycles. The number of carbonyl (C=O) groups excluding carboxylic acids is 1. The van der Waals surface area contributed by atoms with Crippen LogP contribution in [-0.4, -0.2) is 30.7 Å². The monoisotopic (exact) mass is 238 g/mol. The molecule has 2 saturated heterocycles. The number of rotatable bonds is 3. The minimum atomic E-state index is -0.277. The Balaban J connectivity index is 1.60. The molecule has 2 bridgehead atoms. The number of fused-ring (bicyclic) bond motifs is 2. The maximum absolute atomic E-state index is 12.3. The molecule has 1 amide bonds. The average molecular weight is 238 g/mol. The van der Waals surface area contributed by atoms with E-state index < -0.39 is 0 Å². The Labute approximate surface area is 102 Å². The molecule has 3 atom stereocenters. The van der Waals surface area contributed by atoms with Gasteiger partial charge in [-0.05, 0) is 38.0 Å². The van der Waals surface area contributed by atoms with Crippen molar-refractivity contribution >= 4 is 5.91 Å². The minimum Gasteiger partial charge on any atom is -0.373 e. The number of ether oxygens (including phenoxy) is 1. The standard InChI is InChI=1S/C13H22N2O2/c1-8-5-13(6-8,7-14)12(16)15-10-4-9-2-3-11(10)17-9/h8-11H,2-7,14H2,1H3,(H,15,16). The second-order valence-electron chi connectivity index (χ2n) is 6.19. The lowest BCUT2D eigenvalue weighted by Gasteiger charge is -2.45. The molecule has 0 radical (unpaired) electrons. The highest BCUT2D eigenvalue weighted by molar-refractivity contribution is 5.84. The Hall–Kier alpha value is -0.610. The molecule has 17 heavy (non-hydrogen) atoms. The minimum absolute atomic E-state index is 0.166. The molecule has 3 aliphatic rings. The summed E-state index contributed by atoms with van der Waals surface area (Å²) in [4.78, 5) is 12.3. The summed E-state index contributed by atoms with van der Waals surface area (Å²) in [7, 11) is 0. The third-order valence-corrected chi connectivity index (χ3v) is 4.77. The van der Waals surface area contributed by atoms with Gasteiger partial charge in [0.05, 0.1) is 23.7 Å². The number of nitrogens with one attached hydrogen (secondary N) is 1. The van der Waals surface area contributed by atoms with Crippen LogP contribution in [0.1, 0.15) is 39.0 Å². The van der Waals surface area contributed by atoms with Gasteiger partial charge in [-0.2, -0.15) is 0 Å². The largest absolute Gasteiger partial charge is 0.373 e. The smallest absolute Gasteiger partial charge is 0.227 e. The van der Waals surface area contributed by atoms with Crippen molar-refractivity contribution in [2.45, 2.75) is 57.3 Å². The second kappa shape index (κ2) is 3.95. The SMILES string of the molecule is CC1CC(CN)(C(=O)NC2CC3CCC2O3)C1. The average Bonchev–Trinajstić information content (AvgIpc) is 2.86. The maximum Gasteiger partial charge on any atom is 0.227 e. The molecule has 4 nitrogen and oxygen atoms in total. The Kier molecular flexibility index (Phi) is 2.67. The summed E-state index contributed by atoms with van der Waals surface area (Å²) in [6.07, 6.45) is 5.79. The van der Waals surface area contributed by atoms with Gasteiger partial charge in [-0.1, -0.05) is 6.92 Å². The zero-order valence-corrected chi connectivity index (χ0v) is 10.4. The van der Waals surface area contributed by atoms with E-state index in [1.165, 1.54) is 0 Å². The lowest BCUT2D eigenvalue weighted by molar-refractivity contribution is -0.139. The second-order valence-corrected chi connectivity index (χ2v) is 6.19. The van der Waals surface area contributed by atoms with Gasteiger partial charge in [-0.25, -0.2) is 0 Å². The lowest BCUT2D eigenvalue weighted by Crippen LogP contribution is -2.56. The third kappa shape index (κ3) is 1.78. The van der Waals surface area contributed by atoms with Crippen LogP contribution in [0.4, 0.5) is 0 Å². The van der Waals surface area contributed by atoms with Crippen LogP contribution in [0, 0.1) is 11.3 Å². The van der Waals surface area contributed by atoms with Crippen LogP contribution in [0.15, 0.2) is 0 Å². The van der Waals surface area contributed by atoms with Crippen molar-refractivity contribution in [3.63, 3.8) is 0 Å². The molecular formula is C13H22N2O2. The molecule has 3 unspecified atom stereocenters. The molecule has 0 aromatic rings. The molecule has 2 heterocycles. The van der Waals surface area contributed by atoms with E-state index in [4.69, 9.17) is 10.5 Å².